The standard InChI is InChI=1S/C15H21NO4/c1-2-19-14(15(17)18)8-10-16-9-5-11-20-13-7-4-3-6-12(13)16/h3-4,6-7,14H,2,5,8-11H2,1H3,(H,17,18). The molecule has 1 heterocycles. The van der Waals surface area contributed by atoms with E-state index in [2.05, 4.69) is 4.90 Å². The maximum Gasteiger partial charge on any atom is 0.332 e. The van der Waals surface area contributed by atoms with Gasteiger partial charge in [0.25, 0.3) is 0 Å². The van der Waals surface area contributed by atoms with Gasteiger partial charge in [0.05, 0.1) is 12.3 Å². The van der Waals surface area contributed by atoms with Crippen molar-refractivity contribution >= 4 is 11.7 Å². The molecule has 1 aromatic carbocycles. The van der Waals surface area contributed by atoms with Gasteiger partial charge in [-0.15, -0.1) is 0 Å². The average molecular weight is 279 g/mol. The minimum absolute atomic E-state index is 0.413. The number of rotatable bonds is 6. The van der Waals surface area contributed by atoms with Crippen LogP contribution >= 0.6 is 0 Å². The number of aliphatic carboxylic acids is 1. The third kappa shape index (κ3) is 3.63. The Morgan fingerprint density at radius 2 is 2.30 bits per heavy atom. The predicted molar refractivity (Wildman–Crippen MR) is 76.4 cm³/mol. The van der Waals surface area contributed by atoms with E-state index in [1.807, 2.05) is 31.2 Å². The molecule has 0 spiro atoms. The summed E-state index contributed by atoms with van der Waals surface area (Å²) in [6, 6.07) is 7.88. The van der Waals surface area contributed by atoms with Gasteiger partial charge in [-0.25, -0.2) is 4.79 Å². The Morgan fingerprint density at radius 3 is 3.05 bits per heavy atom. The first-order chi connectivity index (χ1) is 9.72. The summed E-state index contributed by atoms with van der Waals surface area (Å²) in [5.41, 5.74) is 1.03. The fourth-order valence-corrected chi connectivity index (χ4v) is 2.38. The van der Waals surface area contributed by atoms with E-state index in [9.17, 15) is 4.79 Å². The molecule has 0 aromatic heterocycles. The Morgan fingerprint density at radius 1 is 1.50 bits per heavy atom. The van der Waals surface area contributed by atoms with Crippen molar-refractivity contribution in [1.82, 2.24) is 0 Å². The molecule has 1 aliphatic rings. The van der Waals surface area contributed by atoms with Gasteiger partial charge in [0.2, 0.25) is 0 Å². The van der Waals surface area contributed by atoms with Crippen LogP contribution in [0.4, 0.5) is 5.69 Å². The minimum atomic E-state index is -0.897. The molecule has 1 aliphatic heterocycles. The summed E-state index contributed by atoms with van der Waals surface area (Å²) in [6.07, 6.45) is 0.662. The van der Waals surface area contributed by atoms with E-state index < -0.39 is 12.1 Å². The highest BCUT2D eigenvalue weighted by molar-refractivity contribution is 5.72. The van der Waals surface area contributed by atoms with Gasteiger partial charge < -0.3 is 19.5 Å². The third-order valence-electron chi connectivity index (χ3n) is 3.34. The van der Waals surface area contributed by atoms with Crippen LogP contribution in [0.25, 0.3) is 0 Å². The molecule has 110 valence electrons. The van der Waals surface area contributed by atoms with Gasteiger partial charge in [-0.2, -0.15) is 0 Å². The Kier molecular flexibility index (Phi) is 5.24. The average Bonchev–Trinajstić information content (AvgIpc) is 2.65. The van der Waals surface area contributed by atoms with Crippen LogP contribution in [-0.4, -0.2) is 43.5 Å². The molecule has 0 aliphatic carbocycles. The topological polar surface area (TPSA) is 59.0 Å². The Bertz CT molecular complexity index is 449. The van der Waals surface area contributed by atoms with Crippen LogP contribution in [0, 0.1) is 0 Å². The number of carbonyl (C=O) groups is 1. The Balaban J connectivity index is 2.03. The van der Waals surface area contributed by atoms with E-state index in [4.69, 9.17) is 14.6 Å². The number of nitrogens with zero attached hydrogens (tertiary/aromatic N) is 1. The van der Waals surface area contributed by atoms with Crippen molar-refractivity contribution in [1.29, 1.82) is 0 Å². The molecule has 0 saturated carbocycles. The molecular weight excluding hydrogens is 258 g/mol. The number of fused-ring (bicyclic) bond motifs is 1. The van der Waals surface area contributed by atoms with Crippen LogP contribution in [0.15, 0.2) is 24.3 Å². The molecule has 1 atom stereocenters. The smallest absolute Gasteiger partial charge is 0.332 e. The second kappa shape index (κ2) is 7.14. The maximum atomic E-state index is 11.1. The fraction of sp³-hybridized carbons (Fsp3) is 0.533. The molecular formula is C15H21NO4. The number of anilines is 1. The van der Waals surface area contributed by atoms with Gasteiger partial charge >= 0.3 is 5.97 Å². The molecule has 0 radical (unpaired) electrons. The van der Waals surface area contributed by atoms with Crippen molar-refractivity contribution in [3.63, 3.8) is 0 Å². The third-order valence-corrected chi connectivity index (χ3v) is 3.34. The summed E-state index contributed by atoms with van der Waals surface area (Å²) >= 11 is 0. The van der Waals surface area contributed by atoms with E-state index in [1.54, 1.807) is 0 Å². The highest BCUT2D eigenvalue weighted by Gasteiger charge is 2.21. The van der Waals surface area contributed by atoms with Crippen LogP contribution in [0.2, 0.25) is 0 Å². The molecule has 5 nitrogen and oxygen atoms in total. The van der Waals surface area contributed by atoms with Gasteiger partial charge in [-0.1, -0.05) is 12.1 Å². The summed E-state index contributed by atoms with van der Waals surface area (Å²) in [6.45, 7) is 4.44. The van der Waals surface area contributed by atoms with Crippen molar-refractivity contribution in [3.8, 4) is 5.75 Å². The van der Waals surface area contributed by atoms with E-state index in [0.29, 0.717) is 26.2 Å². The molecule has 5 heteroatoms. The first-order valence-corrected chi connectivity index (χ1v) is 7.03. The summed E-state index contributed by atoms with van der Waals surface area (Å²) in [5.74, 6) is -0.0282. The fourth-order valence-electron chi connectivity index (χ4n) is 2.38. The highest BCUT2D eigenvalue weighted by Crippen LogP contribution is 2.30. The monoisotopic (exact) mass is 279 g/mol. The van der Waals surface area contributed by atoms with Gasteiger partial charge in [0.15, 0.2) is 6.10 Å². The predicted octanol–water partition coefficient (Wildman–Crippen LogP) is 2.16. The Hall–Kier alpha value is -1.75. The molecule has 1 unspecified atom stereocenters. The summed E-state index contributed by atoms with van der Waals surface area (Å²) in [7, 11) is 0. The SMILES string of the molecule is CCOC(CCN1CCCOc2ccccc21)C(=O)O. The molecule has 2 rings (SSSR count). The van der Waals surface area contributed by atoms with Crippen molar-refractivity contribution in [2.45, 2.75) is 25.9 Å². The molecule has 1 aromatic rings. The molecule has 0 bridgehead atoms. The van der Waals surface area contributed by atoms with Crippen LogP contribution < -0.4 is 9.64 Å². The lowest BCUT2D eigenvalue weighted by Crippen LogP contribution is -2.32. The van der Waals surface area contributed by atoms with Gasteiger partial charge in [0, 0.05) is 26.1 Å². The molecule has 0 fully saturated rings. The number of carboxylic acids is 1. The van der Waals surface area contributed by atoms with Crippen LogP contribution in [0.1, 0.15) is 19.8 Å². The maximum absolute atomic E-state index is 11.1. The number of carboxylic acid groups (broad SMARTS) is 1. The second-order valence-electron chi connectivity index (χ2n) is 4.73. The minimum Gasteiger partial charge on any atom is -0.491 e. The van der Waals surface area contributed by atoms with E-state index in [0.717, 1.165) is 24.4 Å². The number of ether oxygens (including phenoxy) is 2. The number of benzene rings is 1. The normalized spacial score (nSPS) is 15.9. The lowest BCUT2D eigenvalue weighted by Gasteiger charge is -2.25. The molecule has 20 heavy (non-hydrogen) atoms. The van der Waals surface area contributed by atoms with Gasteiger partial charge in [-0.3, -0.25) is 0 Å². The first kappa shape index (κ1) is 14.7. The highest BCUT2D eigenvalue weighted by atomic mass is 16.5. The molecule has 1 N–H and O–H groups in total. The largest absolute Gasteiger partial charge is 0.491 e. The van der Waals surface area contributed by atoms with Gasteiger partial charge in [-0.05, 0) is 25.5 Å². The zero-order valence-corrected chi connectivity index (χ0v) is 11.7. The lowest BCUT2D eigenvalue weighted by atomic mass is 10.2. The summed E-state index contributed by atoms with van der Waals surface area (Å²) in [4.78, 5) is 13.3. The first-order valence-electron chi connectivity index (χ1n) is 7.03. The summed E-state index contributed by atoms with van der Waals surface area (Å²) < 4.78 is 10.9. The van der Waals surface area contributed by atoms with Crippen molar-refractivity contribution in [2.75, 3.05) is 31.2 Å². The zero-order chi connectivity index (χ0) is 14.4. The second-order valence-corrected chi connectivity index (χ2v) is 4.73. The molecule has 0 amide bonds. The molecule has 0 saturated heterocycles. The van der Waals surface area contributed by atoms with E-state index >= 15 is 0 Å². The quantitative estimate of drug-likeness (QED) is 0.864. The van der Waals surface area contributed by atoms with Gasteiger partial charge in [0.1, 0.15) is 5.75 Å². The van der Waals surface area contributed by atoms with Crippen LogP contribution in [0.5, 0.6) is 5.75 Å². The lowest BCUT2D eigenvalue weighted by molar-refractivity contribution is -0.150. The van der Waals surface area contributed by atoms with E-state index in [1.165, 1.54) is 0 Å². The van der Waals surface area contributed by atoms with Crippen molar-refractivity contribution < 1.29 is 19.4 Å². The van der Waals surface area contributed by atoms with Crippen molar-refractivity contribution in [2.24, 2.45) is 0 Å². The number of hydrogen-bond donors (Lipinski definition) is 1. The number of para-hydroxylation sites is 2. The van der Waals surface area contributed by atoms with E-state index in [-0.39, 0.29) is 0 Å². The van der Waals surface area contributed by atoms with Crippen molar-refractivity contribution in [3.05, 3.63) is 24.3 Å². The van der Waals surface area contributed by atoms with Crippen LogP contribution in [-0.2, 0) is 9.53 Å². The zero-order valence-electron chi connectivity index (χ0n) is 11.7. The number of hydrogen-bond acceptors (Lipinski definition) is 4. The summed E-state index contributed by atoms with van der Waals surface area (Å²) in [5, 5.41) is 9.12. The van der Waals surface area contributed by atoms with Crippen LogP contribution in [0.3, 0.4) is 0 Å². The Labute approximate surface area is 119 Å².